The number of nitrogens with two attached hydrogens (primary N) is 1. The molecule has 4 N–H and O–H groups in total. The van der Waals surface area contributed by atoms with Gasteiger partial charge in [0.05, 0.1) is 4.90 Å². The SMILES string of the molecule is CC(N)c1cccc(S(=O)(=O)NCC2CCC(=O)N2)c1. The molecule has 110 valence electrons. The van der Waals surface area contributed by atoms with E-state index in [0.717, 1.165) is 5.56 Å². The Kier molecular flexibility index (Phi) is 4.42. The van der Waals surface area contributed by atoms with Gasteiger partial charge in [0.25, 0.3) is 0 Å². The number of rotatable bonds is 5. The van der Waals surface area contributed by atoms with E-state index in [1.54, 1.807) is 25.1 Å². The summed E-state index contributed by atoms with van der Waals surface area (Å²) in [7, 11) is -3.58. The van der Waals surface area contributed by atoms with Crippen LogP contribution in [0.25, 0.3) is 0 Å². The van der Waals surface area contributed by atoms with Crippen molar-refractivity contribution in [1.29, 1.82) is 0 Å². The van der Waals surface area contributed by atoms with Crippen molar-refractivity contribution in [3.05, 3.63) is 29.8 Å². The van der Waals surface area contributed by atoms with Gasteiger partial charge in [0, 0.05) is 25.0 Å². The van der Waals surface area contributed by atoms with Crippen molar-refractivity contribution >= 4 is 15.9 Å². The Hall–Kier alpha value is -1.44. The Morgan fingerprint density at radius 1 is 1.50 bits per heavy atom. The average Bonchev–Trinajstić information content (AvgIpc) is 2.82. The molecule has 0 bridgehead atoms. The lowest BCUT2D eigenvalue weighted by atomic mass is 10.1. The van der Waals surface area contributed by atoms with Crippen molar-refractivity contribution in [1.82, 2.24) is 10.0 Å². The second-order valence-corrected chi connectivity index (χ2v) is 6.78. The first-order valence-electron chi connectivity index (χ1n) is 6.53. The Morgan fingerprint density at radius 2 is 2.25 bits per heavy atom. The highest BCUT2D eigenvalue weighted by Gasteiger charge is 2.23. The largest absolute Gasteiger partial charge is 0.352 e. The number of carbonyl (C=O) groups is 1. The summed E-state index contributed by atoms with van der Waals surface area (Å²) >= 11 is 0. The molecular weight excluding hydrogens is 278 g/mol. The highest BCUT2D eigenvalue weighted by Crippen LogP contribution is 2.16. The van der Waals surface area contributed by atoms with E-state index in [1.807, 2.05) is 0 Å². The normalized spacial score (nSPS) is 20.7. The minimum Gasteiger partial charge on any atom is -0.352 e. The molecule has 1 aliphatic rings. The third-order valence-corrected chi connectivity index (χ3v) is 4.72. The topological polar surface area (TPSA) is 101 Å². The van der Waals surface area contributed by atoms with Gasteiger partial charge in [-0.1, -0.05) is 12.1 Å². The van der Waals surface area contributed by atoms with Crippen LogP contribution in [0.4, 0.5) is 0 Å². The number of sulfonamides is 1. The van der Waals surface area contributed by atoms with Gasteiger partial charge >= 0.3 is 0 Å². The van der Waals surface area contributed by atoms with Crippen LogP contribution in [-0.2, 0) is 14.8 Å². The zero-order valence-electron chi connectivity index (χ0n) is 11.3. The number of hydrogen-bond donors (Lipinski definition) is 3. The maximum absolute atomic E-state index is 12.2. The molecule has 1 saturated heterocycles. The van der Waals surface area contributed by atoms with Crippen LogP contribution >= 0.6 is 0 Å². The van der Waals surface area contributed by atoms with Gasteiger partial charge in [-0.25, -0.2) is 13.1 Å². The second-order valence-electron chi connectivity index (χ2n) is 5.02. The van der Waals surface area contributed by atoms with Crippen molar-refractivity contribution in [3.63, 3.8) is 0 Å². The third-order valence-electron chi connectivity index (χ3n) is 3.30. The van der Waals surface area contributed by atoms with Gasteiger partial charge in [0.2, 0.25) is 15.9 Å². The average molecular weight is 297 g/mol. The zero-order chi connectivity index (χ0) is 14.8. The quantitative estimate of drug-likeness (QED) is 0.725. The molecule has 6 nitrogen and oxygen atoms in total. The molecule has 1 amide bonds. The summed E-state index contributed by atoms with van der Waals surface area (Å²) in [6.45, 7) is 2.00. The van der Waals surface area contributed by atoms with Gasteiger partial charge in [-0.2, -0.15) is 0 Å². The Bertz CT molecular complexity index is 599. The van der Waals surface area contributed by atoms with Gasteiger partial charge in [0.15, 0.2) is 0 Å². The summed E-state index contributed by atoms with van der Waals surface area (Å²) in [4.78, 5) is 11.3. The molecule has 2 unspecified atom stereocenters. The molecule has 0 saturated carbocycles. The highest BCUT2D eigenvalue weighted by atomic mass is 32.2. The Morgan fingerprint density at radius 3 is 2.85 bits per heavy atom. The van der Waals surface area contributed by atoms with Crippen LogP contribution in [0.2, 0.25) is 0 Å². The fourth-order valence-electron chi connectivity index (χ4n) is 2.09. The Labute approximate surface area is 118 Å². The number of nitrogens with one attached hydrogen (secondary N) is 2. The van der Waals surface area contributed by atoms with Crippen LogP contribution < -0.4 is 15.8 Å². The first-order valence-corrected chi connectivity index (χ1v) is 8.01. The lowest BCUT2D eigenvalue weighted by Crippen LogP contribution is -2.38. The molecule has 1 aromatic carbocycles. The van der Waals surface area contributed by atoms with E-state index < -0.39 is 10.0 Å². The molecule has 1 aromatic rings. The summed E-state index contributed by atoms with van der Waals surface area (Å²) in [5, 5.41) is 2.72. The summed E-state index contributed by atoms with van der Waals surface area (Å²) in [6, 6.07) is 6.21. The van der Waals surface area contributed by atoms with E-state index in [4.69, 9.17) is 5.73 Å². The smallest absolute Gasteiger partial charge is 0.240 e. The maximum Gasteiger partial charge on any atom is 0.240 e. The van der Waals surface area contributed by atoms with E-state index >= 15 is 0 Å². The molecule has 1 fully saturated rings. The molecule has 0 aliphatic carbocycles. The molecule has 7 heteroatoms. The van der Waals surface area contributed by atoms with Gasteiger partial charge in [-0.15, -0.1) is 0 Å². The van der Waals surface area contributed by atoms with Crippen LogP contribution in [-0.4, -0.2) is 26.9 Å². The molecule has 2 rings (SSSR count). The summed E-state index contributed by atoms with van der Waals surface area (Å²) < 4.78 is 26.9. The molecule has 1 heterocycles. The van der Waals surface area contributed by atoms with Crippen LogP contribution in [0.3, 0.4) is 0 Å². The van der Waals surface area contributed by atoms with E-state index in [0.29, 0.717) is 12.8 Å². The molecular formula is C13H19N3O3S. The fourth-order valence-corrected chi connectivity index (χ4v) is 3.23. The predicted octanol–water partition coefficient (Wildman–Crippen LogP) is 0.263. The van der Waals surface area contributed by atoms with Gasteiger partial charge < -0.3 is 11.1 Å². The Balaban J connectivity index is 2.06. The summed E-state index contributed by atoms with van der Waals surface area (Å²) in [5.74, 6) is -0.0341. The van der Waals surface area contributed by atoms with Crippen LogP contribution in [0.1, 0.15) is 31.4 Å². The lowest BCUT2D eigenvalue weighted by molar-refractivity contribution is -0.119. The van der Waals surface area contributed by atoms with E-state index in [1.165, 1.54) is 6.07 Å². The second kappa shape index (κ2) is 5.90. The van der Waals surface area contributed by atoms with Gasteiger partial charge in [-0.05, 0) is 31.0 Å². The summed E-state index contributed by atoms with van der Waals surface area (Å²) in [6.07, 6.45) is 1.10. The van der Waals surface area contributed by atoms with Crippen molar-refractivity contribution in [2.75, 3.05) is 6.54 Å². The van der Waals surface area contributed by atoms with Crippen molar-refractivity contribution in [2.24, 2.45) is 5.73 Å². The van der Waals surface area contributed by atoms with E-state index in [2.05, 4.69) is 10.0 Å². The molecule has 1 aliphatic heterocycles. The maximum atomic E-state index is 12.2. The van der Waals surface area contributed by atoms with Gasteiger partial charge in [0.1, 0.15) is 0 Å². The van der Waals surface area contributed by atoms with Crippen LogP contribution in [0.5, 0.6) is 0 Å². The third kappa shape index (κ3) is 3.56. The van der Waals surface area contributed by atoms with Gasteiger partial charge in [-0.3, -0.25) is 4.79 Å². The first-order chi connectivity index (χ1) is 9.38. The zero-order valence-corrected chi connectivity index (χ0v) is 12.1. The number of amides is 1. The van der Waals surface area contributed by atoms with E-state index in [9.17, 15) is 13.2 Å². The van der Waals surface area contributed by atoms with Crippen LogP contribution in [0, 0.1) is 0 Å². The van der Waals surface area contributed by atoms with Crippen molar-refractivity contribution < 1.29 is 13.2 Å². The van der Waals surface area contributed by atoms with Crippen molar-refractivity contribution in [3.8, 4) is 0 Å². The van der Waals surface area contributed by atoms with Crippen molar-refractivity contribution in [2.45, 2.75) is 36.7 Å². The number of benzene rings is 1. The molecule has 20 heavy (non-hydrogen) atoms. The molecule has 0 radical (unpaired) electrons. The minimum absolute atomic E-state index is 0.0341. The monoisotopic (exact) mass is 297 g/mol. The van der Waals surface area contributed by atoms with Crippen LogP contribution in [0.15, 0.2) is 29.2 Å². The standard InChI is InChI=1S/C13H19N3O3S/c1-9(14)10-3-2-4-12(7-10)20(18,19)15-8-11-5-6-13(17)16-11/h2-4,7,9,11,15H,5-6,8,14H2,1H3,(H,16,17). The fraction of sp³-hybridized carbons (Fsp3) is 0.462. The first kappa shape index (κ1) is 15.0. The molecule has 0 spiro atoms. The molecule has 0 aromatic heterocycles. The highest BCUT2D eigenvalue weighted by molar-refractivity contribution is 7.89. The minimum atomic E-state index is -3.58. The predicted molar refractivity (Wildman–Crippen MR) is 75.4 cm³/mol. The number of hydrogen-bond acceptors (Lipinski definition) is 4. The molecule has 2 atom stereocenters. The number of carbonyl (C=O) groups excluding carboxylic acids is 1. The van der Waals surface area contributed by atoms with E-state index in [-0.39, 0.29) is 29.4 Å². The summed E-state index contributed by atoms with van der Waals surface area (Å²) in [5.41, 5.74) is 6.52. The lowest BCUT2D eigenvalue weighted by Gasteiger charge is -2.13.